The second-order valence-electron chi connectivity index (χ2n) is 7.18. The minimum atomic E-state index is 0.0164. The Morgan fingerprint density at radius 3 is 2.53 bits per heavy atom. The standard InChI is InChI=1S/C16H29NO2/c1-12-2-4-13(5-3-12)15(17)14-6-8-19-16(10-14)7-9-18-11-16/h12-15H,2-11,17H2,1H3. The van der Waals surface area contributed by atoms with Crippen molar-refractivity contribution >= 4 is 0 Å². The van der Waals surface area contributed by atoms with Gasteiger partial charge in [-0.3, -0.25) is 0 Å². The molecule has 3 heteroatoms. The maximum absolute atomic E-state index is 6.62. The predicted octanol–water partition coefficient (Wildman–Crippen LogP) is 2.73. The summed E-state index contributed by atoms with van der Waals surface area (Å²) in [6.07, 6.45) is 8.76. The third kappa shape index (κ3) is 2.98. The molecule has 0 bridgehead atoms. The number of hydrogen-bond donors (Lipinski definition) is 1. The summed E-state index contributed by atoms with van der Waals surface area (Å²) in [6, 6.07) is 0.383. The average molecular weight is 267 g/mol. The fourth-order valence-corrected chi connectivity index (χ4v) is 4.31. The highest BCUT2D eigenvalue weighted by molar-refractivity contribution is 4.95. The quantitative estimate of drug-likeness (QED) is 0.836. The predicted molar refractivity (Wildman–Crippen MR) is 75.9 cm³/mol. The summed E-state index contributed by atoms with van der Waals surface area (Å²) in [7, 11) is 0. The van der Waals surface area contributed by atoms with E-state index in [9.17, 15) is 0 Å². The Morgan fingerprint density at radius 1 is 1.05 bits per heavy atom. The van der Waals surface area contributed by atoms with Gasteiger partial charge in [0.1, 0.15) is 0 Å². The van der Waals surface area contributed by atoms with Gasteiger partial charge in [-0.05, 0) is 43.4 Å². The first-order valence-corrected chi connectivity index (χ1v) is 8.16. The van der Waals surface area contributed by atoms with Crippen LogP contribution >= 0.6 is 0 Å². The molecule has 0 amide bonds. The van der Waals surface area contributed by atoms with Gasteiger partial charge in [0.2, 0.25) is 0 Å². The first-order chi connectivity index (χ1) is 9.19. The molecular weight excluding hydrogens is 238 g/mol. The molecule has 2 saturated heterocycles. The van der Waals surface area contributed by atoms with Gasteiger partial charge < -0.3 is 15.2 Å². The van der Waals surface area contributed by atoms with Crippen molar-refractivity contribution in [2.24, 2.45) is 23.5 Å². The van der Waals surface area contributed by atoms with Crippen molar-refractivity contribution in [3.05, 3.63) is 0 Å². The summed E-state index contributed by atoms with van der Waals surface area (Å²) in [5, 5.41) is 0. The molecule has 3 atom stereocenters. The van der Waals surface area contributed by atoms with Gasteiger partial charge in [-0.2, -0.15) is 0 Å². The molecule has 0 aromatic rings. The average Bonchev–Trinajstić information content (AvgIpc) is 2.87. The van der Waals surface area contributed by atoms with E-state index < -0.39 is 0 Å². The van der Waals surface area contributed by atoms with E-state index in [1.807, 2.05) is 0 Å². The normalized spacial score (nSPS) is 45.5. The van der Waals surface area contributed by atoms with Gasteiger partial charge in [-0.1, -0.05) is 19.8 Å². The molecule has 0 radical (unpaired) electrons. The van der Waals surface area contributed by atoms with Crippen molar-refractivity contribution in [1.82, 2.24) is 0 Å². The Kier molecular flexibility index (Phi) is 4.16. The van der Waals surface area contributed by atoms with Gasteiger partial charge >= 0.3 is 0 Å². The van der Waals surface area contributed by atoms with Crippen LogP contribution in [0, 0.1) is 17.8 Å². The van der Waals surface area contributed by atoms with Crippen LogP contribution in [0.5, 0.6) is 0 Å². The van der Waals surface area contributed by atoms with Crippen LogP contribution in [0.2, 0.25) is 0 Å². The Bertz CT molecular complexity index is 293. The van der Waals surface area contributed by atoms with E-state index in [2.05, 4.69) is 6.92 Å². The molecule has 0 aromatic heterocycles. The summed E-state index contributed by atoms with van der Waals surface area (Å²) in [5.41, 5.74) is 6.64. The van der Waals surface area contributed by atoms with Gasteiger partial charge in [-0.25, -0.2) is 0 Å². The lowest BCUT2D eigenvalue weighted by Crippen LogP contribution is -2.48. The highest BCUT2D eigenvalue weighted by Gasteiger charge is 2.43. The van der Waals surface area contributed by atoms with E-state index in [1.54, 1.807) is 0 Å². The second kappa shape index (κ2) is 5.71. The molecule has 1 spiro atoms. The van der Waals surface area contributed by atoms with E-state index in [0.717, 1.165) is 50.9 Å². The van der Waals surface area contributed by atoms with Gasteiger partial charge in [0, 0.05) is 25.7 Å². The monoisotopic (exact) mass is 267 g/mol. The minimum absolute atomic E-state index is 0.0164. The van der Waals surface area contributed by atoms with Crippen LogP contribution in [0.1, 0.15) is 51.9 Å². The van der Waals surface area contributed by atoms with Crippen LogP contribution in [0.15, 0.2) is 0 Å². The maximum atomic E-state index is 6.62. The number of nitrogens with two attached hydrogens (primary N) is 1. The molecule has 3 fully saturated rings. The van der Waals surface area contributed by atoms with Crippen LogP contribution in [0.25, 0.3) is 0 Å². The molecule has 3 nitrogen and oxygen atoms in total. The third-order valence-electron chi connectivity index (χ3n) is 5.75. The molecule has 3 rings (SSSR count). The van der Waals surface area contributed by atoms with Crippen molar-refractivity contribution in [2.45, 2.75) is 63.5 Å². The van der Waals surface area contributed by atoms with Crippen LogP contribution in [-0.2, 0) is 9.47 Å². The topological polar surface area (TPSA) is 44.5 Å². The molecular formula is C16H29NO2. The molecule has 2 aliphatic heterocycles. The van der Waals surface area contributed by atoms with Crippen LogP contribution < -0.4 is 5.73 Å². The lowest BCUT2D eigenvalue weighted by atomic mass is 9.72. The molecule has 19 heavy (non-hydrogen) atoms. The lowest BCUT2D eigenvalue weighted by Gasteiger charge is -2.42. The van der Waals surface area contributed by atoms with Crippen LogP contribution in [-0.4, -0.2) is 31.5 Å². The van der Waals surface area contributed by atoms with Gasteiger partial charge in [0.25, 0.3) is 0 Å². The molecule has 2 heterocycles. The summed E-state index contributed by atoms with van der Waals surface area (Å²) in [6.45, 7) is 4.91. The minimum Gasteiger partial charge on any atom is -0.378 e. The molecule has 110 valence electrons. The molecule has 3 unspecified atom stereocenters. The molecule has 1 aliphatic carbocycles. The maximum Gasteiger partial charge on any atom is 0.0939 e. The highest BCUT2D eigenvalue weighted by atomic mass is 16.6. The molecule has 3 aliphatic rings. The summed E-state index contributed by atoms with van der Waals surface area (Å²) in [4.78, 5) is 0. The molecule has 2 N–H and O–H groups in total. The van der Waals surface area contributed by atoms with Crippen molar-refractivity contribution in [3.8, 4) is 0 Å². The van der Waals surface area contributed by atoms with E-state index in [4.69, 9.17) is 15.2 Å². The lowest BCUT2D eigenvalue weighted by molar-refractivity contribution is -0.104. The molecule has 1 saturated carbocycles. The van der Waals surface area contributed by atoms with Crippen LogP contribution in [0.3, 0.4) is 0 Å². The SMILES string of the molecule is CC1CCC(C(N)C2CCOC3(CCOC3)C2)CC1. The fourth-order valence-electron chi connectivity index (χ4n) is 4.31. The fraction of sp³-hybridized carbons (Fsp3) is 1.00. The third-order valence-corrected chi connectivity index (χ3v) is 5.75. The Morgan fingerprint density at radius 2 is 1.84 bits per heavy atom. The highest BCUT2D eigenvalue weighted by Crippen LogP contribution is 2.40. The number of ether oxygens (including phenoxy) is 2. The van der Waals surface area contributed by atoms with E-state index in [0.29, 0.717) is 12.0 Å². The number of rotatable bonds is 2. The van der Waals surface area contributed by atoms with Crippen molar-refractivity contribution in [1.29, 1.82) is 0 Å². The van der Waals surface area contributed by atoms with Gasteiger partial charge in [0.05, 0.1) is 12.2 Å². The Balaban J connectivity index is 1.58. The second-order valence-corrected chi connectivity index (χ2v) is 7.18. The van der Waals surface area contributed by atoms with Crippen molar-refractivity contribution in [2.75, 3.05) is 19.8 Å². The summed E-state index contributed by atoms with van der Waals surface area (Å²) < 4.78 is 11.6. The zero-order valence-corrected chi connectivity index (χ0v) is 12.3. The van der Waals surface area contributed by atoms with Crippen LogP contribution in [0.4, 0.5) is 0 Å². The summed E-state index contributed by atoms with van der Waals surface area (Å²) >= 11 is 0. The van der Waals surface area contributed by atoms with E-state index in [-0.39, 0.29) is 5.60 Å². The Hall–Kier alpha value is -0.120. The number of hydrogen-bond acceptors (Lipinski definition) is 3. The zero-order valence-electron chi connectivity index (χ0n) is 12.3. The van der Waals surface area contributed by atoms with E-state index >= 15 is 0 Å². The smallest absolute Gasteiger partial charge is 0.0939 e. The van der Waals surface area contributed by atoms with Crippen molar-refractivity contribution < 1.29 is 9.47 Å². The van der Waals surface area contributed by atoms with Crippen molar-refractivity contribution in [3.63, 3.8) is 0 Å². The van der Waals surface area contributed by atoms with E-state index in [1.165, 1.54) is 25.7 Å². The van der Waals surface area contributed by atoms with Gasteiger partial charge in [-0.15, -0.1) is 0 Å². The molecule has 0 aromatic carbocycles. The zero-order chi connectivity index (χ0) is 13.3. The van der Waals surface area contributed by atoms with Gasteiger partial charge in [0.15, 0.2) is 0 Å². The Labute approximate surface area is 117 Å². The first kappa shape index (κ1) is 13.8. The summed E-state index contributed by atoms with van der Waals surface area (Å²) in [5.74, 6) is 2.31. The first-order valence-electron chi connectivity index (χ1n) is 8.16. The largest absolute Gasteiger partial charge is 0.378 e.